The van der Waals surface area contributed by atoms with Crippen molar-refractivity contribution in [3.05, 3.63) is 29.8 Å². The third-order valence-electron chi connectivity index (χ3n) is 4.14. The summed E-state index contributed by atoms with van der Waals surface area (Å²) in [6.45, 7) is -0.458. The predicted octanol–water partition coefficient (Wildman–Crippen LogP) is 2.92. The summed E-state index contributed by atoms with van der Waals surface area (Å²) < 4.78 is 62.6. The van der Waals surface area contributed by atoms with Gasteiger partial charge in [0.05, 0.1) is 17.5 Å². The molecule has 0 heterocycles. The van der Waals surface area contributed by atoms with Crippen LogP contribution in [0.25, 0.3) is 0 Å². The number of hydrogen-bond donors (Lipinski definition) is 1. The van der Waals surface area contributed by atoms with Crippen LogP contribution in [0.5, 0.6) is 0 Å². The average molecular weight is 378 g/mol. The van der Waals surface area contributed by atoms with Crippen molar-refractivity contribution in [2.45, 2.75) is 44.3 Å². The molecule has 0 aromatic heterocycles. The molecule has 0 radical (unpaired) electrons. The largest absolute Gasteiger partial charge is 0.416 e. The molecular weight excluding hydrogens is 357 g/mol. The molecule has 1 amide bonds. The number of rotatable bonds is 5. The standard InChI is InChI=1S/C16H21F3N2O3S/c1-25(23,24)21(11-15(22)20-13-5-3-2-4-6-13)14-9-7-12(8-10-14)16(17,18)19/h7-10,13H,2-6,11H2,1H3,(H,20,22). The molecule has 0 bridgehead atoms. The Labute approximate surface area is 145 Å². The zero-order chi connectivity index (χ0) is 18.7. The summed E-state index contributed by atoms with van der Waals surface area (Å²) in [5.41, 5.74) is -0.856. The van der Waals surface area contributed by atoms with Crippen LogP contribution in [0.4, 0.5) is 18.9 Å². The number of alkyl halides is 3. The van der Waals surface area contributed by atoms with Crippen molar-refractivity contribution in [1.29, 1.82) is 0 Å². The number of carbonyl (C=O) groups excluding carboxylic acids is 1. The third kappa shape index (κ3) is 5.62. The zero-order valence-corrected chi connectivity index (χ0v) is 14.7. The molecule has 0 saturated heterocycles. The van der Waals surface area contributed by atoms with E-state index in [-0.39, 0.29) is 11.7 Å². The fourth-order valence-electron chi connectivity index (χ4n) is 2.87. The quantitative estimate of drug-likeness (QED) is 0.857. The van der Waals surface area contributed by atoms with E-state index in [2.05, 4.69) is 5.32 Å². The molecule has 0 aliphatic heterocycles. The Morgan fingerprint density at radius 3 is 2.20 bits per heavy atom. The van der Waals surface area contributed by atoms with Gasteiger partial charge in [0.1, 0.15) is 6.54 Å². The molecule has 0 unspecified atom stereocenters. The highest BCUT2D eigenvalue weighted by molar-refractivity contribution is 7.92. The summed E-state index contributed by atoms with van der Waals surface area (Å²) >= 11 is 0. The molecule has 2 rings (SSSR count). The number of nitrogens with one attached hydrogen (secondary N) is 1. The van der Waals surface area contributed by atoms with Crippen molar-refractivity contribution in [3.8, 4) is 0 Å². The van der Waals surface area contributed by atoms with Gasteiger partial charge in [-0.1, -0.05) is 19.3 Å². The second-order valence-electron chi connectivity index (χ2n) is 6.22. The molecule has 25 heavy (non-hydrogen) atoms. The highest BCUT2D eigenvalue weighted by Crippen LogP contribution is 2.31. The topological polar surface area (TPSA) is 66.5 Å². The summed E-state index contributed by atoms with van der Waals surface area (Å²) in [7, 11) is -3.81. The number of halogens is 3. The molecule has 0 atom stereocenters. The van der Waals surface area contributed by atoms with Gasteiger partial charge in [0, 0.05) is 6.04 Å². The van der Waals surface area contributed by atoms with Crippen LogP contribution in [0.2, 0.25) is 0 Å². The van der Waals surface area contributed by atoms with Gasteiger partial charge in [-0.25, -0.2) is 8.42 Å². The molecular formula is C16H21F3N2O3S. The van der Waals surface area contributed by atoms with Gasteiger partial charge in [0.2, 0.25) is 15.9 Å². The number of benzene rings is 1. The summed E-state index contributed by atoms with van der Waals surface area (Å²) in [4.78, 5) is 12.2. The summed E-state index contributed by atoms with van der Waals surface area (Å²) in [6, 6.07) is 3.73. The summed E-state index contributed by atoms with van der Waals surface area (Å²) in [5, 5.41) is 2.80. The smallest absolute Gasteiger partial charge is 0.352 e. The van der Waals surface area contributed by atoms with Crippen molar-refractivity contribution in [3.63, 3.8) is 0 Å². The lowest BCUT2D eigenvalue weighted by Crippen LogP contribution is -2.44. The fraction of sp³-hybridized carbons (Fsp3) is 0.562. The van der Waals surface area contributed by atoms with Crippen molar-refractivity contribution in [2.24, 2.45) is 0 Å². The Balaban J connectivity index is 2.12. The minimum absolute atomic E-state index is 0.0225. The maximum Gasteiger partial charge on any atom is 0.416 e. The van der Waals surface area contributed by atoms with Crippen molar-refractivity contribution >= 4 is 21.6 Å². The van der Waals surface area contributed by atoms with Gasteiger partial charge in [0.25, 0.3) is 0 Å². The van der Waals surface area contributed by atoms with Gasteiger partial charge in [-0.3, -0.25) is 9.10 Å². The monoisotopic (exact) mass is 378 g/mol. The first-order valence-corrected chi connectivity index (χ1v) is 9.86. The van der Waals surface area contributed by atoms with Gasteiger partial charge in [0.15, 0.2) is 0 Å². The molecule has 1 saturated carbocycles. The van der Waals surface area contributed by atoms with Crippen molar-refractivity contribution < 1.29 is 26.4 Å². The number of nitrogens with zero attached hydrogens (tertiary/aromatic N) is 1. The Kier molecular flexibility index (Phi) is 5.97. The Bertz CT molecular complexity index is 696. The van der Waals surface area contributed by atoms with E-state index < -0.39 is 34.2 Å². The lowest BCUT2D eigenvalue weighted by atomic mass is 9.95. The summed E-state index contributed by atoms with van der Waals surface area (Å²) in [6.07, 6.45) is 1.26. The van der Waals surface area contributed by atoms with Gasteiger partial charge in [-0.15, -0.1) is 0 Å². The van der Waals surface area contributed by atoms with Crippen LogP contribution in [-0.2, 0) is 21.0 Å². The van der Waals surface area contributed by atoms with E-state index in [4.69, 9.17) is 0 Å². The normalized spacial score (nSPS) is 16.5. The maximum atomic E-state index is 12.6. The van der Waals surface area contributed by atoms with Gasteiger partial charge < -0.3 is 5.32 Å². The molecule has 1 aromatic rings. The Morgan fingerprint density at radius 1 is 1.16 bits per heavy atom. The van der Waals surface area contributed by atoms with Gasteiger partial charge in [-0.05, 0) is 37.1 Å². The zero-order valence-electron chi connectivity index (χ0n) is 13.8. The molecule has 1 N–H and O–H groups in total. The molecule has 140 valence electrons. The number of sulfonamides is 1. The number of anilines is 1. The maximum absolute atomic E-state index is 12.6. The van der Waals surface area contributed by atoms with Crippen LogP contribution < -0.4 is 9.62 Å². The van der Waals surface area contributed by atoms with Crippen LogP contribution in [0.1, 0.15) is 37.7 Å². The molecule has 0 spiro atoms. The number of amides is 1. The first-order valence-electron chi connectivity index (χ1n) is 8.02. The Hall–Kier alpha value is -1.77. The average Bonchev–Trinajstić information content (AvgIpc) is 2.52. The minimum atomic E-state index is -4.51. The highest BCUT2D eigenvalue weighted by Gasteiger charge is 2.31. The number of hydrogen-bond acceptors (Lipinski definition) is 3. The van der Waals surface area contributed by atoms with E-state index in [9.17, 15) is 26.4 Å². The van der Waals surface area contributed by atoms with E-state index >= 15 is 0 Å². The van der Waals surface area contributed by atoms with Crippen LogP contribution in [0.15, 0.2) is 24.3 Å². The van der Waals surface area contributed by atoms with Crippen LogP contribution in [-0.4, -0.2) is 33.2 Å². The molecule has 1 aliphatic carbocycles. The van der Waals surface area contributed by atoms with Crippen molar-refractivity contribution in [2.75, 3.05) is 17.1 Å². The first kappa shape index (κ1) is 19.6. The van der Waals surface area contributed by atoms with Crippen LogP contribution in [0, 0.1) is 0 Å². The second kappa shape index (κ2) is 7.63. The minimum Gasteiger partial charge on any atom is -0.352 e. The van der Waals surface area contributed by atoms with E-state index in [1.165, 1.54) is 0 Å². The van der Waals surface area contributed by atoms with E-state index in [0.29, 0.717) is 0 Å². The van der Waals surface area contributed by atoms with E-state index in [0.717, 1.165) is 66.9 Å². The van der Waals surface area contributed by atoms with Crippen LogP contribution in [0.3, 0.4) is 0 Å². The molecule has 5 nitrogen and oxygen atoms in total. The fourth-order valence-corrected chi connectivity index (χ4v) is 3.72. The Morgan fingerprint density at radius 2 is 1.72 bits per heavy atom. The van der Waals surface area contributed by atoms with Gasteiger partial charge >= 0.3 is 6.18 Å². The van der Waals surface area contributed by atoms with Crippen LogP contribution >= 0.6 is 0 Å². The SMILES string of the molecule is CS(=O)(=O)N(CC(=O)NC1CCCCC1)c1ccc(C(F)(F)F)cc1. The van der Waals surface area contributed by atoms with Crippen molar-refractivity contribution in [1.82, 2.24) is 5.32 Å². The van der Waals surface area contributed by atoms with Gasteiger partial charge in [-0.2, -0.15) is 13.2 Å². The molecule has 1 fully saturated rings. The van der Waals surface area contributed by atoms with E-state index in [1.54, 1.807) is 0 Å². The number of carbonyl (C=O) groups is 1. The second-order valence-corrected chi connectivity index (χ2v) is 8.12. The van der Waals surface area contributed by atoms with E-state index in [1.807, 2.05) is 0 Å². The first-order chi connectivity index (χ1) is 11.6. The lowest BCUT2D eigenvalue weighted by Gasteiger charge is -2.26. The predicted molar refractivity (Wildman–Crippen MR) is 88.6 cm³/mol. The lowest BCUT2D eigenvalue weighted by molar-refractivity contribution is -0.137. The molecule has 9 heteroatoms. The third-order valence-corrected chi connectivity index (χ3v) is 5.28. The highest BCUT2D eigenvalue weighted by atomic mass is 32.2. The molecule has 1 aromatic carbocycles. The summed E-state index contributed by atoms with van der Waals surface area (Å²) in [5.74, 6) is -0.461. The molecule has 1 aliphatic rings.